The lowest BCUT2D eigenvalue weighted by Gasteiger charge is -2.09. The molecule has 1 N–H and O–H groups in total. The molecule has 5 heteroatoms. The third-order valence-electron chi connectivity index (χ3n) is 3.37. The molecule has 0 aliphatic carbocycles. The molecule has 5 nitrogen and oxygen atoms in total. The maximum absolute atomic E-state index is 11.6. The van der Waals surface area contributed by atoms with Crippen molar-refractivity contribution in [1.29, 1.82) is 0 Å². The molecule has 0 bridgehead atoms. The van der Waals surface area contributed by atoms with Crippen molar-refractivity contribution in [3.05, 3.63) is 53.6 Å². The molecule has 0 atom stereocenters. The summed E-state index contributed by atoms with van der Waals surface area (Å²) >= 11 is 0. The minimum absolute atomic E-state index is 0.163. The molecule has 0 saturated heterocycles. The van der Waals surface area contributed by atoms with Crippen molar-refractivity contribution < 1.29 is 24.1 Å². The first-order chi connectivity index (χ1) is 11.1. The summed E-state index contributed by atoms with van der Waals surface area (Å²) in [6, 6.07) is 12.1. The molecule has 2 aromatic rings. The van der Waals surface area contributed by atoms with Gasteiger partial charge in [0.1, 0.15) is 17.2 Å². The van der Waals surface area contributed by atoms with Gasteiger partial charge >= 0.3 is 5.97 Å². The van der Waals surface area contributed by atoms with Gasteiger partial charge in [-0.05, 0) is 35.9 Å². The van der Waals surface area contributed by atoms with Crippen LogP contribution in [-0.4, -0.2) is 32.4 Å². The van der Waals surface area contributed by atoms with Gasteiger partial charge in [0.2, 0.25) is 0 Å². The van der Waals surface area contributed by atoms with Crippen LogP contribution in [0.2, 0.25) is 0 Å². The molecular weight excluding hydrogens is 296 g/mol. The molecule has 0 aliphatic heterocycles. The van der Waals surface area contributed by atoms with E-state index in [1.165, 1.54) is 7.11 Å². The highest BCUT2D eigenvalue weighted by Crippen LogP contribution is 2.29. The highest BCUT2D eigenvalue weighted by Gasteiger charge is 2.13. The van der Waals surface area contributed by atoms with Crippen molar-refractivity contribution in [1.82, 2.24) is 0 Å². The molecule has 0 radical (unpaired) electrons. The van der Waals surface area contributed by atoms with Gasteiger partial charge in [0.05, 0.1) is 26.9 Å². The topological polar surface area (TPSA) is 65.0 Å². The average molecular weight is 314 g/mol. The molecule has 0 fully saturated rings. The molecule has 2 aromatic carbocycles. The van der Waals surface area contributed by atoms with Crippen LogP contribution in [0.25, 0.3) is 11.6 Å². The fourth-order valence-electron chi connectivity index (χ4n) is 2.13. The third-order valence-corrected chi connectivity index (χ3v) is 3.37. The quantitative estimate of drug-likeness (QED) is 0.654. The third kappa shape index (κ3) is 3.83. The molecule has 120 valence electrons. The van der Waals surface area contributed by atoms with Gasteiger partial charge in [0, 0.05) is 11.6 Å². The van der Waals surface area contributed by atoms with Crippen molar-refractivity contribution in [2.45, 2.75) is 0 Å². The van der Waals surface area contributed by atoms with Gasteiger partial charge in [-0.15, -0.1) is 0 Å². The summed E-state index contributed by atoms with van der Waals surface area (Å²) in [5.74, 6) is 0.825. The number of carboxylic acids is 1. The van der Waals surface area contributed by atoms with Crippen molar-refractivity contribution in [3.8, 4) is 17.2 Å². The zero-order valence-electron chi connectivity index (χ0n) is 13.2. The van der Waals surface area contributed by atoms with Crippen molar-refractivity contribution in [2.24, 2.45) is 0 Å². The highest BCUT2D eigenvalue weighted by atomic mass is 16.5. The first-order valence-electron chi connectivity index (χ1n) is 6.90. The number of hydrogen-bond donors (Lipinski definition) is 1. The summed E-state index contributed by atoms with van der Waals surface area (Å²) in [6.45, 7) is 0. The van der Waals surface area contributed by atoms with Crippen LogP contribution < -0.4 is 14.2 Å². The van der Waals surface area contributed by atoms with Crippen molar-refractivity contribution >= 4 is 17.6 Å². The first kappa shape index (κ1) is 16.4. The smallest absolute Gasteiger partial charge is 0.336 e. The van der Waals surface area contributed by atoms with E-state index >= 15 is 0 Å². The second-order valence-electron chi connectivity index (χ2n) is 4.70. The summed E-state index contributed by atoms with van der Waals surface area (Å²) < 4.78 is 15.5. The molecule has 0 unspecified atom stereocenters. The number of hydrogen-bond acceptors (Lipinski definition) is 4. The van der Waals surface area contributed by atoms with Gasteiger partial charge in [0.15, 0.2) is 0 Å². The van der Waals surface area contributed by atoms with Gasteiger partial charge in [0.25, 0.3) is 0 Å². The minimum Gasteiger partial charge on any atom is -0.497 e. The van der Waals surface area contributed by atoms with Crippen LogP contribution in [0.3, 0.4) is 0 Å². The molecular formula is C18H18O5. The van der Waals surface area contributed by atoms with Crippen LogP contribution in [0.4, 0.5) is 0 Å². The first-order valence-corrected chi connectivity index (χ1v) is 6.90. The second-order valence-corrected chi connectivity index (χ2v) is 4.70. The van der Waals surface area contributed by atoms with E-state index in [9.17, 15) is 9.90 Å². The normalized spacial score (nSPS) is 11.0. The SMILES string of the molecule is COc1ccc(/C(=C\c2ccc(OC)cc2OC)C(=O)O)cc1. The highest BCUT2D eigenvalue weighted by molar-refractivity contribution is 6.20. The predicted molar refractivity (Wildman–Crippen MR) is 88.0 cm³/mol. The molecule has 23 heavy (non-hydrogen) atoms. The number of methoxy groups -OCH3 is 3. The Bertz CT molecular complexity index is 717. The molecule has 0 amide bonds. The minimum atomic E-state index is -1.02. The Hall–Kier alpha value is -2.95. The number of ether oxygens (including phenoxy) is 3. The lowest BCUT2D eigenvalue weighted by Crippen LogP contribution is -2.00. The largest absolute Gasteiger partial charge is 0.497 e. The van der Waals surface area contributed by atoms with E-state index in [1.807, 2.05) is 0 Å². The van der Waals surface area contributed by atoms with E-state index in [0.29, 0.717) is 28.4 Å². The molecule has 2 rings (SSSR count). The van der Waals surface area contributed by atoms with Crippen LogP contribution in [0.5, 0.6) is 17.2 Å². The average Bonchev–Trinajstić information content (AvgIpc) is 2.59. The molecule has 0 spiro atoms. The van der Waals surface area contributed by atoms with Crippen LogP contribution in [0.15, 0.2) is 42.5 Å². The molecule has 0 heterocycles. The maximum atomic E-state index is 11.6. The Morgan fingerprint density at radius 2 is 1.52 bits per heavy atom. The van der Waals surface area contributed by atoms with Gasteiger partial charge in [-0.1, -0.05) is 12.1 Å². The zero-order chi connectivity index (χ0) is 16.8. The van der Waals surface area contributed by atoms with Gasteiger partial charge in [-0.3, -0.25) is 0 Å². The lowest BCUT2D eigenvalue weighted by molar-refractivity contribution is -0.130. The lowest BCUT2D eigenvalue weighted by atomic mass is 10.0. The van der Waals surface area contributed by atoms with Crippen molar-refractivity contribution in [3.63, 3.8) is 0 Å². The second kappa shape index (κ2) is 7.35. The summed E-state index contributed by atoms with van der Waals surface area (Å²) in [6.07, 6.45) is 1.57. The standard InChI is InChI=1S/C18H18O5/c1-21-14-7-4-12(5-8-14)16(18(19)20)10-13-6-9-15(22-2)11-17(13)23-3/h4-11H,1-3H3,(H,19,20)/b16-10+. The Balaban J connectivity index is 2.48. The van der Waals surface area contributed by atoms with E-state index in [-0.39, 0.29) is 5.57 Å². The van der Waals surface area contributed by atoms with E-state index < -0.39 is 5.97 Å². The Morgan fingerprint density at radius 1 is 0.913 bits per heavy atom. The van der Waals surface area contributed by atoms with E-state index in [2.05, 4.69) is 0 Å². The summed E-state index contributed by atoms with van der Waals surface area (Å²) in [5, 5.41) is 9.51. The van der Waals surface area contributed by atoms with Crippen molar-refractivity contribution in [2.75, 3.05) is 21.3 Å². The summed E-state index contributed by atoms with van der Waals surface area (Å²) in [4.78, 5) is 11.6. The monoisotopic (exact) mass is 314 g/mol. The van der Waals surface area contributed by atoms with E-state index in [0.717, 1.165) is 0 Å². The van der Waals surface area contributed by atoms with E-state index in [1.54, 1.807) is 62.8 Å². The van der Waals surface area contributed by atoms with Gasteiger partial charge in [-0.25, -0.2) is 4.79 Å². The summed E-state index contributed by atoms with van der Waals surface area (Å²) in [7, 11) is 4.65. The number of carbonyl (C=O) groups is 1. The van der Waals surface area contributed by atoms with Crippen LogP contribution in [0.1, 0.15) is 11.1 Å². The number of aliphatic carboxylic acids is 1. The van der Waals surface area contributed by atoms with Gasteiger partial charge in [-0.2, -0.15) is 0 Å². The predicted octanol–water partition coefficient (Wildman–Crippen LogP) is 3.34. The van der Waals surface area contributed by atoms with Crippen LogP contribution in [0, 0.1) is 0 Å². The fourth-order valence-corrected chi connectivity index (χ4v) is 2.13. The number of carboxylic acid groups (broad SMARTS) is 1. The Morgan fingerprint density at radius 3 is 2.04 bits per heavy atom. The van der Waals surface area contributed by atoms with E-state index in [4.69, 9.17) is 14.2 Å². The molecule has 0 aromatic heterocycles. The number of benzene rings is 2. The zero-order valence-corrected chi connectivity index (χ0v) is 13.2. The van der Waals surface area contributed by atoms with Crippen LogP contribution in [-0.2, 0) is 4.79 Å². The maximum Gasteiger partial charge on any atom is 0.336 e. The molecule has 0 aliphatic rings. The molecule has 0 saturated carbocycles. The van der Waals surface area contributed by atoms with Crippen LogP contribution >= 0.6 is 0 Å². The summed E-state index contributed by atoms with van der Waals surface area (Å²) in [5.41, 5.74) is 1.40. The Labute approximate surface area is 134 Å². The van der Waals surface area contributed by atoms with Gasteiger partial charge < -0.3 is 19.3 Å². The fraction of sp³-hybridized carbons (Fsp3) is 0.167. The Kier molecular flexibility index (Phi) is 5.25. The number of rotatable bonds is 6.